The summed E-state index contributed by atoms with van der Waals surface area (Å²) in [5.74, 6) is -0.664. The maximum atomic E-state index is 13.3. The Kier molecular flexibility index (Phi) is 9.25. The van der Waals surface area contributed by atoms with Gasteiger partial charge in [0.15, 0.2) is 0 Å². The van der Waals surface area contributed by atoms with Crippen molar-refractivity contribution in [2.45, 2.75) is 9.79 Å². The van der Waals surface area contributed by atoms with Crippen molar-refractivity contribution < 1.29 is 26.4 Å². The first-order chi connectivity index (χ1) is 25.2. The van der Waals surface area contributed by atoms with Gasteiger partial charge < -0.3 is 0 Å². The summed E-state index contributed by atoms with van der Waals surface area (Å²) >= 11 is 0. The highest BCUT2D eigenvalue weighted by atomic mass is 32.2. The van der Waals surface area contributed by atoms with Crippen molar-refractivity contribution in [1.29, 1.82) is 0 Å². The summed E-state index contributed by atoms with van der Waals surface area (Å²) in [5.41, 5.74) is 2.11. The lowest BCUT2D eigenvalue weighted by molar-refractivity contribution is 0.102. The van der Waals surface area contributed by atoms with Crippen molar-refractivity contribution in [3.05, 3.63) is 205 Å². The second kappa shape index (κ2) is 14.1. The van der Waals surface area contributed by atoms with Gasteiger partial charge in [0.2, 0.25) is 11.6 Å². The monoisotopic (exact) mass is 722 g/mol. The summed E-state index contributed by atoms with van der Waals surface area (Å²) in [6.45, 7) is 0. The largest absolute Gasteiger partial charge is 0.287 e. The lowest BCUT2D eigenvalue weighted by atomic mass is 10.1. The maximum Gasteiger partial charge on any atom is 0.268 e. The van der Waals surface area contributed by atoms with E-state index in [1.807, 2.05) is 24.3 Å². The molecule has 256 valence electrons. The number of nitrogens with zero attached hydrogens (tertiary/aromatic N) is 2. The molecule has 0 aliphatic rings. The number of fused-ring (bicyclic) bond motifs is 2. The van der Waals surface area contributed by atoms with Gasteiger partial charge >= 0.3 is 0 Å². The molecule has 0 N–H and O–H groups in total. The number of carbonyl (C=O) groups is 2. The molecule has 0 radical (unpaired) electrons. The molecule has 0 fully saturated rings. The third kappa shape index (κ3) is 6.37. The number of para-hydroxylation sites is 2. The lowest BCUT2D eigenvalue weighted by Gasteiger charge is -2.11. The molecule has 0 aliphatic carbocycles. The molecule has 0 bridgehead atoms. The minimum atomic E-state index is -3.91. The zero-order valence-electron chi connectivity index (χ0n) is 27.5. The summed E-state index contributed by atoms with van der Waals surface area (Å²) < 4.78 is 55.4. The van der Waals surface area contributed by atoms with Gasteiger partial charge in [0.25, 0.3) is 20.0 Å². The standard InChI is InChI=1S/2C21H15NO3S/c2*23-21(16-9-3-1-4-10-16)20-15-17-11-7-8-14-19(17)22(20)26(24,25)18-12-5-2-6-13-18/h2*1-15H. The topological polar surface area (TPSA) is 112 Å². The van der Waals surface area contributed by atoms with Crippen LogP contribution in [0.5, 0.6) is 0 Å². The van der Waals surface area contributed by atoms with E-state index in [0.717, 1.165) is 7.94 Å². The van der Waals surface area contributed by atoms with Crippen molar-refractivity contribution in [2.24, 2.45) is 0 Å². The average molecular weight is 723 g/mol. The predicted molar refractivity (Wildman–Crippen MR) is 202 cm³/mol. The van der Waals surface area contributed by atoms with E-state index in [9.17, 15) is 26.4 Å². The highest BCUT2D eigenvalue weighted by Gasteiger charge is 2.28. The molecule has 6 aromatic carbocycles. The number of rotatable bonds is 8. The second-order valence-electron chi connectivity index (χ2n) is 11.7. The van der Waals surface area contributed by atoms with E-state index in [2.05, 4.69) is 0 Å². The van der Waals surface area contributed by atoms with E-state index in [-0.39, 0.29) is 32.7 Å². The van der Waals surface area contributed by atoms with E-state index in [0.29, 0.717) is 32.9 Å². The maximum absolute atomic E-state index is 13.3. The molecule has 52 heavy (non-hydrogen) atoms. The van der Waals surface area contributed by atoms with Crippen molar-refractivity contribution in [1.82, 2.24) is 7.94 Å². The van der Waals surface area contributed by atoms with Crippen LogP contribution in [0.2, 0.25) is 0 Å². The van der Waals surface area contributed by atoms with E-state index in [4.69, 9.17) is 0 Å². The lowest BCUT2D eigenvalue weighted by Crippen LogP contribution is -2.19. The fraction of sp³-hybridized carbons (Fsp3) is 0. The van der Waals surface area contributed by atoms with Gasteiger partial charge in [-0.05, 0) is 48.5 Å². The van der Waals surface area contributed by atoms with E-state index in [1.165, 1.54) is 24.3 Å². The molecular weight excluding hydrogens is 693 g/mol. The molecule has 10 heteroatoms. The Morgan fingerprint density at radius 2 is 0.654 bits per heavy atom. The normalized spacial score (nSPS) is 11.5. The number of ketones is 2. The molecule has 8 nitrogen and oxygen atoms in total. The van der Waals surface area contributed by atoms with Crippen LogP contribution in [0, 0.1) is 0 Å². The molecule has 0 atom stereocenters. The highest BCUT2D eigenvalue weighted by molar-refractivity contribution is 7.90. The van der Waals surface area contributed by atoms with E-state index < -0.39 is 20.0 Å². The van der Waals surface area contributed by atoms with E-state index in [1.54, 1.807) is 133 Å². The molecule has 0 saturated carbocycles. The summed E-state index contributed by atoms with van der Waals surface area (Å²) in [6, 6.07) is 51.1. The van der Waals surface area contributed by atoms with Crippen LogP contribution in [0.15, 0.2) is 192 Å². The first-order valence-corrected chi connectivity index (χ1v) is 19.1. The zero-order chi connectivity index (χ0) is 36.3. The Balaban J connectivity index is 0.000000162. The molecule has 8 aromatic rings. The molecule has 0 saturated heterocycles. The Morgan fingerprint density at radius 1 is 0.365 bits per heavy atom. The third-order valence-electron chi connectivity index (χ3n) is 8.43. The first kappa shape index (κ1) is 34.1. The molecule has 8 rings (SSSR count). The van der Waals surface area contributed by atoms with Crippen molar-refractivity contribution in [3.63, 3.8) is 0 Å². The highest BCUT2D eigenvalue weighted by Crippen LogP contribution is 2.29. The molecule has 0 spiro atoms. The number of aromatic nitrogens is 2. The number of carbonyl (C=O) groups excluding carboxylic acids is 2. The van der Waals surface area contributed by atoms with Crippen molar-refractivity contribution in [3.8, 4) is 0 Å². The molecule has 0 amide bonds. The van der Waals surface area contributed by atoms with Crippen LogP contribution < -0.4 is 0 Å². The molecule has 2 aromatic heterocycles. The first-order valence-electron chi connectivity index (χ1n) is 16.2. The summed E-state index contributed by atoms with van der Waals surface area (Å²) in [4.78, 5) is 26.3. The Hall–Kier alpha value is -6.36. The summed E-state index contributed by atoms with van der Waals surface area (Å²) in [5, 5.41) is 1.40. The quantitative estimate of drug-likeness (QED) is 0.146. The molecular formula is C42H30N2O6S2. The van der Waals surface area contributed by atoms with Crippen LogP contribution >= 0.6 is 0 Å². The second-order valence-corrected chi connectivity index (χ2v) is 15.3. The fourth-order valence-corrected chi connectivity index (χ4v) is 9.03. The SMILES string of the molecule is O=C(c1ccccc1)c1cc2ccccc2n1S(=O)(=O)c1ccccc1.O=C(c1ccccc1)c1cc2ccccc2n1S(=O)(=O)c1ccccc1. The number of hydrogen-bond donors (Lipinski definition) is 0. The third-order valence-corrected chi connectivity index (χ3v) is 11.9. The van der Waals surface area contributed by atoms with Gasteiger partial charge in [0.1, 0.15) is 11.4 Å². The van der Waals surface area contributed by atoms with Crippen LogP contribution in [0.3, 0.4) is 0 Å². The van der Waals surface area contributed by atoms with Crippen molar-refractivity contribution >= 4 is 53.4 Å². The van der Waals surface area contributed by atoms with Gasteiger partial charge in [0.05, 0.1) is 20.8 Å². The van der Waals surface area contributed by atoms with Gasteiger partial charge in [-0.15, -0.1) is 0 Å². The Morgan fingerprint density at radius 3 is 1.00 bits per heavy atom. The predicted octanol–water partition coefficient (Wildman–Crippen LogP) is 8.22. The number of benzene rings is 6. The van der Waals surface area contributed by atoms with Gasteiger partial charge in [-0.1, -0.05) is 133 Å². The Bertz CT molecular complexity index is 2580. The van der Waals surface area contributed by atoms with Crippen LogP contribution in [-0.2, 0) is 20.0 Å². The molecule has 0 unspecified atom stereocenters. The van der Waals surface area contributed by atoms with Gasteiger partial charge in [0, 0.05) is 21.9 Å². The fourth-order valence-electron chi connectivity index (χ4n) is 5.96. The summed E-state index contributed by atoms with van der Waals surface area (Å²) in [6.07, 6.45) is 0. The van der Waals surface area contributed by atoms with Crippen LogP contribution in [0.1, 0.15) is 32.1 Å². The zero-order valence-corrected chi connectivity index (χ0v) is 29.1. The van der Waals surface area contributed by atoms with E-state index >= 15 is 0 Å². The van der Waals surface area contributed by atoms with Gasteiger partial charge in [-0.2, -0.15) is 0 Å². The minimum Gasteiger partial charge on any atom is -0.287 e. The summed E-state index contributed by atoms with van der Waals surface area (Å²) in [7, 11) is -7.82. The van der Waals surface area contributed by atoms with Crippen LogP contribution in [0.4, 0.5) is 0 Å². The average Bonchev–Trinajstić information content (AvgIpc) is 3.79. The Labute approximate surface area is 300 Å². The van der Waals surface area contributed by atoms with Gasteiger partial charge in [-0.3, -0.25) is 9.59 Å². The van der Waals surface area contributed by atoms with Crippen molar-refractivity contribution in [2.75, 3.05) is 0 Å². The number of hydrogen-bond acceptors (Lipinski definition) is 6. The van der Waals surface area contributed by atoms with Crippen LogP contribution in [-0.4, -0.2) is 36.3 Å². The van der Waals surface area contributed by atoms with Crippen LogP contribution in [0.25, 0.3) is 21.8 Å². The molecule has 0 aliphatic heterocycles. The van der Waals surface area contributed by atoms with Gasteiger partial charge in [-0.25, -0.2) is 24.8 Å². The smallest absolute Gasteiger partial charge is 0.268 e. The molecule has 2 heterocycles. The minimum absolute atomic E-state index is 0.126.